The molecular formula is C32H30N2O4. The first-order chi connectivity index (χ1) is 18.1. The Kier molecular flexibility index (Phi) is 6.19. The molecule has 0 radical (unpaired) electrons. The summed E-state index contributed by atoms with van der Waals surface area (Å²) < 4.78 is 5.39. The van der Waals surface area contributed by atoms with E-state index in [1.165, 1.54) is 5.57 Å². The van der Waals surface area contributed by atoms with E-state index in [9.17, 15) is 15.0 Å². The van der Waals surface area contributed by atoms with Gasteiger partial charge in [-0.2, -0.15) is 0 Å². The van der Waals surface area contributed by atoms with Gasteiger partial charge in [0.15, 0.2) is 11.5 Å². The van der Waals surface area contributed by atoms with Crippen LogP contribution in [0.15, 0.2) is 81.0 Å². The minimum Gasteiger partial charge on any atom is -0.504 e. The first kappa shape index (κ1) is 25.1. The second-order valence-electron chi connectivity index (χ2n) is 10.3. The van der Waals surface area contributed by atoms with Crippen LogP contribution in [0.25, 0.3) is 33.7 Å². The van der Waals surface area contributed by atoms with Crippen LogP contribution >= 0.6 is 0 Å². The van der Waals surface area contributed by atoms with E-state index in [4.69, 9.17) is 4.42 Å². The van der Waals surface area contributed by atoms with Gasteiger partial charge in [-0.05, 0) is 38.0 Å². The number of nitrogens with one attached hydrogen (secondary N) is 1. The Bertz CT molecular complexity index is 1740. The molecule has 0 amide bonds. The van der Waals surface area contributed by atoms with E-state index < -0.39 is 16.8 Å². The van der Waals surface area contributed by atoms with Crippen molar-refractivity contribution in [1.29, 1.82) is 0 Å². The van der Waals surface area contributed by atoms with Gasteiger partial charge in [-0.25, -0.2) is 4.79 Å². The Morgan fingerprint density at radius 1 is 1.08 bits per heavy atom. The van der Waals surface area contributed by atoms with Gasteiger partial charge in [-0.1, -0.05) is 68.0 Å². The molecule has 0 atom stereocenters. The Morgan fingerprint density at radius 3 is 2.58 bits per heavy atom. The zero-order chi connectivity index (χ0) is 27.2. The van der Waals surface area contributed by atoms with Crippen molar-refractivity contribution in [3.8, 4) is 22.6 Å². The molecular weight excluding hydrogens is 476 g/mol. The van der Waals surface area contributed by atoms with Crippen LogP contribution in [-0.2, 0) is 11.8 Å². The molecule has 5 rings (SSSR count). The average molecular weight is 507 g/mol. The SMILES string of the molecule is C=CC(C)(C)c1[nH]c2ccccc2c1-c1c(O)c(/C=C2/C=Nc3c(CC=C(C)C)cccc32)oc(=O)c1O. The fraction of sp³-hybridized carbons (Fsp3) is 0.188. The number of para-hydroxylation sites is 2. The smallest absolute Gasteiger partial charge is 0.379 e. The number of allylic oxidation sites excluding steroid dienone is 4. The monoisotopic (exact) mass is 506 g/mol. The van der Waals surface area contributed by atoms with Crippen LogP contribution in [0.2, 0.25) is 0 Å². The third-order valence-electron chi connectivity index (χ3n) is 6.99. The highest BCUT2D eigenvalue weighted by Gasteiger charge is 2.31. The summed E-state index contributed by atoms with van der Waals surface area (Å²) in [6.07, 6.45) is 7.96. The lowest BCUT2D eigenvalue weighted by molar-refractivity contribution is 0.378. The van der Waals surface area contributed by atoms with E-state index in [0.29, 0.717) is 16.8 Å². The summed E-state index contributed by atoms with van der Waals surface area (Å²) >= 11 is 0. The number of hydrogen-bond acceptors (Lipinski definition) is 5. The molecule has 0 spiro atoms. The summed E-state index contributed by atoms with van der Waals surface area (Å²) in [4.78, 5) is 20.9. The predicted molar refractivity (Wildman–Crippen MR) is 154 cm³/mol. The lowest BCUT2D eigenvalue weighted by atomic mass is 9.84. The van der Waals surface area contributed by atoms with Crippen molar-refractivity contribution < 1.29 is 14.6 Å². The topological polar surface area (TPSA) is 98.8 Å². The number of H-pyrrole nitrogens is 1. The van der Waals surface area contributed by atoms with Gasteiger partial charge in [0.1, 0.15) is 0 Å². The zero-order valence-electron chi connectivity index (χ0n) is 21.9. The normalized spacial score (nSPS) is 13.7. The third kappa shape index (κ3) is 4.18. The van der Waals surface area contributed by atoms with Crippen LogP contribution < -0.4 is 5.63 Å². The Hall–Kier alpha value is -4.58. The number of benzene rings is 2. The van der Waals surface area contributed by atoms with Crippen molar-refractivity contribution in [2.45, 2.75) is 39.5 Å². The van der Waals surface area contributed by atoms with E-state index in [1.807, 2.05) is 56.3 Å². The summed E-state index contributed by atoms with van der Waals surface area (Å²) in [5.74, 6) is -1.04. The van der Waals surface area contributed by atoms with Gasteiger partial charge in [0.05, 0.1) is 11.3 Å². The Labute approximate surface area is 221 Å². The average Bonchev–Trinajstić information content (AvgIpc) is 3.49. The van der Waals surface area contributed by atoms with Gasteiger partial charge in [0, 0.05) is 44.9 Å². The molecule has 1 aliphatic heterocycles. The fourth-order valence-corrected chi connectivity index (χ4v) is 4.77. The molecule has 3 heterocycles. The number of aromatic amines is 1. The van der Waals surface area contributed by atoms with Gasteiger partial charge in [0.2, 0.25) is 5.75 Å². The van der Waals surface area contributed by atoms with Crippen molar-refractivity contribution in [2.75, 3.05) is 0 Å². The maximum Gasteiger partial charge on any atom is 0.379 e. The maximum absolute atomic E-state index is 12.9. The highest BCUT2D eigenvalue weighted by Crippen LogP contribution is 2.47. The molecule has 0 unspecified atom stereocenters. The number of aromatic hydroxyl groups is 2. The molecule has 0 saturated carbocycles. The summed E-state index contributed by atoms with van der Waals surface area (Å²) in [5.41, 5.74) is 5.28. The van der Waals surface area contributed by atoms with E-state index in [-0.39, 0.29) is 17.1 Å². The second-order valence-corrected chi connectivity index (χ2v) is 10.3. The molecule has 192 valence electrons. The van der Waals surface area contributed by atoms with Crippen molar-refractivity contribution in [1.82, 2.24) is 4.98 Å². The molecule has 0 fully saturated rings. The largest absolute Gasteiger partial charge is 0.504 e. The van der Waals surface area contributed by atoms with Crippen LogP contribution in [0.3, 0.4) is 0 Å². The summed E-state index contributed by atoms with van der Waals surface area (Å²) in [6, 6.07) is 13.5. The molecule has 6 heteroatoms. The molecule has 6 nitrogen and oxygen atoms in total. The number of hydrogen-bond donors (Lipinski definition) is 3. The van der Waals surface area contributed by atoms with Crippen LogP contribution in [0.5, 0.6) is 11.5 Å². The molecule has 3 N–H and O–H groups in total. The molecule has 0 bridgehead atoms. The van der Waals surface area contributed by atoms with Gasteiger partial charge >= 0.3 is 5.63 Å². The fourth-order valence-electron chi connectivity index (χ4n) is 4.77. The minimum atomic E-state index is -0.940. The third-order valence-corrected chi connectivity index (χ3v) is 6.99. The molecule has 0 saturated heterocycles. The van der Waals surface area contributed by atoms with Crippen LogP contribution in [-0.4, -0.2) is 21.4 Å². The van der Waals surface area contributed by atoms with E-state index >= 15 is 0 Å². The van der Waals surface area contributed by atoms with Crippen molar-refractivity contribution in [2.24, 2.45) is 4.99 Å². The Balaban J connectivity index is 1.72. The Morgan fingerprint density at radius 2 is 1.84 bits per heavy atom. The zero-order valence-corrected chi connectivity index (χ0v) is 21.9. The highest BCUT2D eigenvalue weighted by atomic mass is 16.4. The summed E-state index contributed by atoms with van der Waals surface area (Å²) in [5, 5.41) is 23.1. The molecule has 4 aromatic rings. The van der Waals surface area contributed by atoms with Crippen molar-refractivity contribution >= 4 is 34.5 Å². The molecule has 2 aromatic heterocycles. The summed E-state index contributed by atoms with van der Waals surface area (Å²) in [6.45, 7) is 12.0. The first-order valence-corrected chi connectivity index (χ1v) is 12.5. The van der Waals surface area contributed by atoms with Crippen molar-refractivity contribution in [3.05, 3.63) is 99.8 Å². The minimum absolute atomic E-state index is 0.0166. The van der Waals surface area contributed by atoms with Crippen LogP contribution in [0.4, 0.5) is 5.69 Å². The number of aliphatic imine (C=N–C) groups is 1. The van der Waals surface area contributed by atoms with Crippen LogP contribution in [0.1, 0.15) is 50.3 Å². The van der Waals surface area contributed by atoms with Crippen molar-refractivity contribution in [3.63, 3.8) is 0 Å². The van der Waals surface area contributed by atoms with E-state index in [2.05, 4.69) is 36.5 Å². The lowest BCUT2D eigenvalue weighted by Crippen LogP contribution is -2.15. The quantitative estimate of drug-likeness (QED) is 0.237. The van der Waals surface area contributed by atoms with Gasteiger partial charge in [-0.3, -0.25) is 4.99 Å². The summed E-state index contributed by atoms with van der Waals surface area (Å²) in [7, 11) is 0. The highest BCUT2D eigenvalue weighted by molar-refractivity contribution is 6.21. The van der Waals surface area contributed by atoms with Gasteiger partial charge in [0.25, 0.3) is 0 Å². The number of fused-ring (bicyclic) bond motifs is 2. The van der Waals surface area contributed by atoms with Crippen LogP contribution in [0, 0.1) is 0 Å². The maximum atomic E-state index is 12.9. The molecule has 38 heavy (non-hydrogen) atoms. The van der Waals surface area contributed by atoms with Gasteiger partial charge in [-0.15, -0.1) is 6.58 Å². The number of nitrogens with zero attached hydrogens (tertiary/aromatic N) is 1. The predicted octanol–water partition coefficient (Wildman–Crippen LogP) is 7.43. The molecule has 1 aliphatic rings. The standard InChI is InChI=1S/C32H30N2O4/c1-6-32(4,5)30-25(22-11-7-8-13-23(22)34-30)26-28(35)24(38-31(37)29(26)36)16-20-17-33-27-19(15-14-18(2)3)10-9-12-21(20)27/h6-14,16-17,34-36H,1,15H2,2-5H3/b20-16-. The van der Waals surface area contributed by atoms with Gasteiger partial charge < -0.3 is 19.6 Å². The van der Waals surface area contributed by atoms with E-state index in [0.717, 1.165) is 34.1 Å². The molecule has 0 aliphatic carbocycles. The number of rotatable bonds is 6. The lowest BCUT2D eigenvalue weighted by Gasteiger charge is -2.21. The molecule has 2 aromatic carbocycles. The second kappa shape index (κ2) is 9.38. The van der Waals surface area contributed by atoms with E-state index in [1.54, 1.807) is 18.4 Å². The number of aromatic nitrogens is 1. The first-order valence-electron chi connectivity index (χ1n) is 12.5.